The predicted octanol–water partition coefficient (Wildman–Crippen LogP) is 10.7. The topological polar surface area (TPSA) is 70.5 Å². The maximum Gasteiger partial charge on any atom is 0.130 e. The Bertz CT molecular complexity index is 1880. The second-order valence-electron chi connectivity index (χ2n) is 12.3. The number of nitrogens with two attached hydrogens (primary N) is 2. The molecule has 0 aliphatic heterocycles. The van der Waals surface area contributed by atoms with Gasteiger partial charge in [0.1, 0.15) is 23.0 Å². The molecular formula is C43H40N2O2. The van der Waals surface area contributed by atoms with Crippen LogP contribution in [-0.4, -0.2) is 0 Å². The summed E-state index contributed by atoms with van der Waals surface area (Å²) in [5.41, 5.74) is 22.8. The molecule has 1 aliphatic carbocycles. The lowest BCUT2D eigenvalue weighted by atomic mass is 9.68. The molecule has 0 saturated heterocycles. The quantitative estimate of drug-likeness (QED) is 0.150. The number of fused-ring (bicyclic) bond motifs is 3. The van der Waals surface area contributed by atoms with Crippen LogP contribution in [0.4, 0.5) is 11.4 Å². The minimum absolute atomic E-state index is 0.520. The SMILES string of the molecule is CCCc1cc(N)ccc1Oc1ccc(C2(c3ccc(Oc4ccc(N)cc4CCC)cc3)c3ccccc3-c3ccccc32)cc1. The average Bonchev–Trinajstić information content (AvgIpc) is 3.39. The number of aryl methyl sites for hydroxylation is 2. The Morgan fingerprint density at radius 2 is 0.894 bits per heavy atom. The summed E-state index contributed by atoms with van der Waals surface area (Å²) >= 11 is 0. The molecule has 0 spiro atoms. The minimum atomic E-state index is -0.520. The van der Waals surface area contributed by atoms with Crippen molar-refractivity contribution in [1.82, 2.24) is 0 Å². The van der Waals surface area contributed by atoms with Gasteiger partial charge in [0.25, 0.3) is 0 Å². The van der Waals surface area contributed by atoms with E-state index in [2.05, 4.69) is 111 Å². The van der Waals surface area contributed by atoms with E-state index in [0.717, 1.165) is 71.2 Å². The number of nitrogen functional groups attached to an aromatic ring is 2. The van der Waals surface area contributed by atoms with E-state index in [9.17, 15) is 0 Å². The standard InChI is InChI=1S/C43H40N2O2/c1-3-9-29-27-33(44)19-25-41(29)46-35-21-15-31(16-22-35)43(39-13-7-5-11-37(39)38-12-6-8-14-40(38)43)32-17-23-36(24-18-32)47-42-26-20-34(45)28-30(42)10-4-2/h5-8,11-28H,3-4,9-10,44-45H2,1-2H3. The molecule has 234 valence electrons. The number of hydrogen-bond donors (Lipinski definition) is 2. The minimum Gasteiger partial charge on any atom is -0.457 e. The van der Waals surface area contributed by atoms with Crippen LogP contribution in [0.2, 0.25) is 0 Å². The Labute approximate surface area is 277 Å². The average molecular weight is 617 g/mol. The van der Waals surface area contributed by atoms with Crippen molar-refractivity contribution < 1.29 is 9.47 Å². The summed E-state index contributed by atoms with van der Waals surface area (Å²) in [4.78, 5) is 0. The largest absolute Gasteiger partial charge is 0.457 e. The summed E-state index contributed by atoms with van der Waals surface area (Å²) < 4.78 is 12.9. The van der Waals surface area contributed by atoms with Crippen molar-refractivity contribution >= 4 is 11.4 Å². The van der Waals surface area contributed by atoms with Gasteiger partial charge in [-0.25, -0.2) is 0 Å². The molecule has 0 amide bonds. The number of rotatable bonds is 10. The summed E-state index contributed by atoms with van der Waals surface area (Å²) in [5, 5.41) is 0. The monoisotopic (exact) mass is 616 g/mol. The number of ether oxygens (including phenoxy) is 2. The van der Waals surface area contributed by atoms with Crippen molar-refractivity contribution in [1.29, 1.82) is 0 Å². The van der Waals surface area contributed by atoms with Crippen molar-refractivity contribution in [3.8, 4) is 34.1 Å². The molecule has 1 aliphatic rings. The molecule has 0 atom stereocenters. The van der Waals surface area contributed by atoms with Crippen molar-refractivity contribution in [2.75, 3.05) is 11.5 Å². The molecule has 0 heterocycles. The van der Waals surface area contributed by atoms with E-state index in [-0.39, 0.29) is 0 Å². The summed E-state index contributed by atoms with van der Waals surface area (Å²) in [6.45, 7) is 4.33. The van der Waals surface area contributed by atoms with Gasteiger partial charge in [0, 0.05) is 11.4 Å². The van der Waals surface area contributed by atoms with Crippen molar-refractivity contribution in [3.05, 3.63) is 167 Å². The van der Waals surface area contributed by atoms with E-state index in [0.29, 0.717) is 0 Å². The molecule has 6 aromatic carbocycles. The summed E-state index contributed by atoms with van der Waals surface area (Å²) in [6, 6.07) is 46.5. The Kier molecular flexibility index (Phi) is 8.17. The molecule has 6 aromatic rings. The first-order valence-electron chi connectivity index (χ1n) is 16.5. The number of benzene rings is 6. The highest BCUT2D eigenvalue weighted by atomic mass is 16.5. The molecule has 0 bridgehead atoms. The molecule has 47 heavy (non-hydrogen) atoms. The molecule has 0 unspecified atom stereocenters. The molecular weight excluding hydrogens is 576 g/mol. The summed E-state index contributed by atoms with van der Waals surface area (Å²) in [6.07, 6.45) is 3.85. The fraction of sp³-hybridized carbons (Fsp3) is 0.163. The zero-order valence-electron chi connectivity index (χ0n) is 27.0. The Morgan fingerprint density at radius 1 is 0.489 bits per heavy atom. The third-order valence-corrected chi connectivity index (χ3v) is 9.19. The van der Waals surface area contributed by atoms with Gasteiger partial charge in [-0.3, -0.25) is 0 Å². The van der Waals surface area contributed by atoms with Crippen LogP contribution in [0.3, 0.4) is 0 Å². The summed E-state index contributed by atoms with van der Waals surface area (Å²) in [7, 11) is 0. The van der Waals surface area contributed by atoms with Crippen LogP contribution in [0, 0.1) is 0 Å². The normalized spacial score (nSPS) is 12.7. The van der Waals surface area contributed by atoms with E-state index >= 15 is 0 Å². The lowest BCUT2D eigenvalue weighted by molar-refractivity contribution is 0.475. The van der Waals surface area contributed by atoms with Gasteiger partial charge in [-0.15, -0.1) is 0 Å². The van der Waals surface area contributed by atoms with Gasteiger partial charge in [-0.05, 0) is 118 Å². The van der Waals surface area contributed by atoms with Crippen LogP contribution < -0.4 is 20.9 Å². The lowest BCUT2D eigenvalue weighted by Crippen LogP contribution is -2.28. The van der Waals surface area contributed by atoms with Crippen LogP contribution >= 0.6 is 0 Å². The smallest absolute Gasteiger partial charge is 0.130 e. The van der Waals surface area contributed by atoms with Gasteiger partial charge in [0.05, 0.1) is 5.41 Å². The lowest BCUT2D eigenvalue weighted by Gasteiger charge is -2.34. The van der Waals surface area contributed by atoms with E-state index < -0.39 is 5.41 Å². The Hall–Kier alpha value is -5.48. The maximum absolute atomic E-state index is 6.44. The molecule has 0 fully saturated rings. The first-order chi connectivity index (χ1) is 23.0. The van der Waals surface area contributed by atoms with E-state index in [4.69, 9.17) is 20.9 Å². The van der Waals surface area contributed by atoms with Crippen LogP contribution in [0.1, 0.15) is 60.1 Å². The first-order valence-corrected chi connectivity index (χ1v) is 16.5. The van der Waals surface area contributed by atoms with Crippen molar-refractivity contribution in [3.63, 3.8) is 0 Å². The molecule has 0 aromatic heterocycles. The second kappa shape index (κ2) is 12.7. The third-order valence-electron chi connectivity index (χ3n) is 9.19. The van der Waals surface area contributed by atoms with Gasteiger partial charge in [-0.2, -0.15) is 0 Å². The highest BCUT2D eigenvalue weighted by molar-refractivity contribution is 5.86. The Balaban J connectivity index is 1.31. The first kappa shape index (κ1) is 30.2. The number of anilines is 2. The van der Waals surface area contributed by atoms with Crippen LogP contribution in [0.5, 0.6) is 23.0 Å². The highest BCUT2D eigenvalue weighted by Gasteiger charge is 2.45. The third kappa shape index (κ3) is 5.50. The highest BCUT2D eigenvalue weighted by Crippen LogP contribution is 2.56. The zero-order valence-corrected chi connectivity index (χ0v) is 27.0. The number of hydrogen-bond acceptors (Lipinski definition) is 4. The van der Waals surface area contributed by atoms with Gasteiger partial charge in [-0.1, -0.05) is 99.5 Å². The summed E-state index contributed by atoms with van der Waals surface area (Å²) in [5.74, 6) is 3.28. The van der Waals surface area contributed by atoms with Crippen molar-refractivity contribution in [2.24, 2.45) is 0 Å². The van der Waals surface area contributed by atoms with E-state index in [1.54, 1.807) is 0 Å². The molecule has 0 saturated carbocycles. The predicted molar refractivity (Wildman–Crippen MR) is 194 cm³/mol. The van der Waals surface area contributed by atoms with E-state index in [1.165, 1.54) is 33.4 Å². The molecule has 0 radical (unpaired) electrons. The second-order valence-corrected chi connectivity index (χ2v) is 12.3. The van der Waals surface area contributed by atoms with Crippen LogP contribution in [0.15, 0.2) is 133 Å². The molecule has 4 heteroatoms. The van der Waals surface area contributed by atoms with Gasteiger partial charge >= 0.3 is 0 Å². The molecule has 7 rings (SSSR count). The molecule has 4 nitrogen and oxygen atoms in total. The molecule has 4 N–H and O–H groups in total. The fourth-order valence-corrected chi connectivity index (χ4v) is 7.15. The van der Waals surface area contributed by atoms with Gasteiger partial charge < -0.3 is 20.9 Å². The Morgan fingerprint density at radius 3 is 1.30 bits per heavy atom. The zero-order chi connectivity index (χ0) is 32.4. The van der Waals surface area contributed by atoms with Crippen molar-refractivity contribution in [2.45, 2.75) is 44.9 Å². The van der Waals surface area contributed by atoms with Gasteiger partial charge in [0.15, 0.2) is 0 Å². The maximum atomic E-state index is 6.44. The van der Waals surface area contributed by atoms with Crippen LogP contribution in [0.25, 0.3) is 11.1 Å². The van der Waals surface area contributed by atoms with Crippen LogP contribution in [-0.2, 0) is 18.3 Å². The fourth-order valence-electron chi connectivity index (χ4n) is 7.15. The van der Waals surface area contributed by atoms with E-state index in [1.807, 2.05) is 36.4 Å². The van der Waals surface area contributed by atoms with Gasteiger partial charge in [0.2, 0.25) is 0 Å².